The summed E-state index contributed by atoms with van der Waals surface area (Å²) in [6.07, 6.45) is 3.76. The number of fused-ring (bicyclic) bond motifs is 3. The zero-order valence-corrected chi connectivity index (χ0v) is 12.7. The SMILES string of the molecule is Cc1nc(SCC(C)C)c2c3c(sc2n1)CCC3. The van der Waals surface area contributed by atoms with Crippen LogP contribution in [0.15, 0.2) is 5.03 Å². The summed E-state index contributed by atoms with van der Waals surface area (Å²) in [5.41, 5.74) is 1.54. The van der Waals surface area contributed by atoms with Crippen LogP contribution in [-0.2, 0) is 12.8 Å². The van der Waals surface area contributed by atoms with Gasteiger partial charge in [0.25, 0.3) is 0 Å². The van der Waals surface area contributed by atoms with Crippen LogP contribution in [0.2, 0.25) is 0 Å². The molecule has 96 valence electrons. The maximum absolute atomic E-state index is 4.68. The van der Waals surface area contributed by atoms with Crippen molar-refractivity contribution in [2.75, 3.05) is 5.75 Å². The molecule has 0 aromatic carbocycles. The van der Waals surface area contributed by atoms with Gasteiger partial charge in [-0.1, -0.05) is 13.8 Å². The molecule has 4 heteroatoms. The van der Waals surface area contributed by atoms with E-state index in [9.17, 15) is 0 Å². The third-order valence-corrected chi connectivity index (χ3v) is 5.78. The molecule has 0 radical (unpaired) electrons. The second kappa shape index (κ2) is 4.82. The Bertz CT molecular complexity index is 587. The molecule has 2 aromatic heterocycles. The van der Waals surface area contributed by atoms with Crippen LogP contribution in [0, 0.1) is 12.8 Å². The average Bonchev–Trinajstić information content (AvgIpc) is 2.84. The van der Waals surface area contributed by atoms with Gasteiger partial charge in [-0.2, -0.15) is 0 Å². The van der Waals surface area contributed by atoms with Crippen LogP contribution in [-0.4, -0.2) is 15.7 Å². The van der Waals surface area contributed by atoms with Gasteiger partial charge in [0.1, 0.15) is 15.7 Å². The Morgan fingerprint density at radius 1 is 1.28 bits per heavy atom. The summed E-state index contributed by atoms with van der Waals surface area (Å²) < 4.78 is 0. The molecule has 0 N–H and O–H groups in total. The third kappa shape index (κ3) is 2.16. The first-order valence-electron chi connectivity index (χ1n) is 6.57. The predicted octanol–water partition coefficient (Wildman–Crippen LogP) is 4.24. The zero-order valence-electron chi connectivity index (χ0n) is 11.1. The van der Waals surface area contributed by atoms with E-state index in [1.807, 2.05) is 30.0 Å². The quantitative estimate of drug-likeness (QED) is 0.620. The van der Waals surface area contributed by atoms with Gasteiger partial charge >= 0.3 is 0 Å². The highest BCUT2D eigenvalue weighted by atomic mass is 32.2. The summed E-state index contributed by atoms with van der Waals surface area (Å²) in [4.78, 5) is 12.1. The predicted molar refractivity (Wildman–Crippen MR) is 79.7 cm³/mol. The van der Waals surface area contributed by atoms with Gasteiger partial charge in [-0.05, 0) is 37.7 Å². The van der Waals surface area contributed by atoms with Crippen molar-refractivity contribution in [3.05, 3.63) is 16.3 Å². The standard InChI is InChI=1S/C14H18N2S2/c1-8(2)7-17-13-12-10-5-4-6-11(10)18-14(12)16-9(3)15-13/h8H,4-7H2,1-3H3. The van der Waals surface area contributed by atoms with Gasteiger partial charge in [0.05, 0.1) is 0 Å². The van der Waals surface area contributed by atoms with E-state index in [1.165, 1.54) is 34.5 Å². The first-order chi connectivity index (χ1) is 8.65. The first kappa shape index (κ1) is 12.4. The highest BCUT2D eigenvalue weighted by molar-refractivity contribution is 7.99. The Labute approximate surface area is 116 Å². The minimum absolute atomic E-state index is 0.701. The van der Waals surface area contributed by atoms with Crippen LogP contribution in [0.1, 0.15) is 36.5 Å². The molecule has 1 aliphatic rings. The largest absolute Gasteiger partial charge is 0.226 e. The lowest BCUT2D eigenvalue weighted by atomic mass is 10.2. The molecule has 0 saturated heterocycles. The second-order valence-corrected chi connectivity index (χ2v) is 7.41. The lowest BCUT2D eigenvalue weighted by Gasteiger charge is -2.07. The number of thiophene rings is 1. The van der Waals surface area contributed by atoms with Gasteiger partial charge in [0.15, 0.2) is 0 Å². The molecule has 2 heterocycles. The molecule has 0 bridgehead atoms. The lowest BCUT2D eigenvalue weighted by molar-refractivity contribution is 0.749. The number of thioether (sulfide) groups is 1. The Morgan fingerprint density at radius 2 is 2.11 bits per heavy atom. The number of aryl methyl sites for hydroxylation is 3. The third-order valence-electron chi connectivity index (χ3n) is 3.20. The zero-order chi connectivity index (χ0) is 12.7. The van der Waals surface area contributed by atoms with Crippen molar-refractivity contribution in [1.82, 2.24) is 9.97 Å². The molecular weight excluding hydrogens is 260 g/mol. The van der Waals surface area contributed by atoms with Crippen LogP contribution in [0.25, 0.3) is 10.2 Å². The van der Waals surface area contributed by atoms with Gasteiger partial charge < -0.3 is 0 Å². The molecular formula is C14H18N2S2. The Balaban J connectivity index is 2.10. The summed E-state index contributed by atoms with van der Waals surface area (Å²) in [7, 11) is 0. The number of aromatic nitrogens is 2. The van der Waals surface area contributed by atoms with Gasteiger partial charge in [-0.25, -0.2) is 9.97 Å². The van der Waals surface area contributed by atoms with Crippen LogP contribution < -0.4 is 0 Å². The van der Waals surface area contributed by atoms with E-state index in [4.69, 9.17) is 0 Å². The molecule has 0 amide bonds. The number of rotatable bonds is 3. The molecule has 3 rings (SSSR count). The highest BCUT2D eigenvalue weighted by Gasteiger charge is 2.21. The van der Waals surface area contributed by atoms with E-state index in [2.05, 4.69) is 23.8 Å². The smallest absolute Gasteiger partial charge is 0.128 e. The Kier molecular flexibility index (Phi) is 3.32. The van der Waals surface area contributed by atoms with E-state index < -0.39 is 0 Å². The van der Waals surface area contributed by atoms with Gasteiger partial charge in [-0.15, -0.1) is 23.1 Å². The summed E-state index contributed by atoms with van der Waals surface area (Å²) >= 11 is 3.78. The number of hydrogen-bond acceptors (Lipinski definition) is 4. The fourth-order valence-corrected chi connectivity index (χ4v) is 4.84. The fraction of sp³-hybridized carbons (Fsp3) is 0.571. The van der Waals surface area contributed by atoms with Crippen LogP contribution in [0.3, 0.4) is 0 Å². The van der Waals surface area contributed by atoms with E-state index in [1.54, 1.807) is 10.4 Å². The summed E-state index contributed by atoms with van der Waals surface area (Å²) in [5, 5.41) is 2.58. The molecule has 0 unspecified atom stereocenters. The maximum Gasteiger partial charge on any atom is 0.128 e. The number of hydrogen-bond donors (Lipinski definition) is 0. The molecule has 2 nitrogen and oxygen atoms in total. The van der Waals surface area contributed by atoms with Crippen molar-refractivity contribution in [3.8, 4) is 0 Å². The summed E-state index contributed by atoms with van der Waals surface area (Å²) in [6.45, 7) is 6.52. The van der Waals surface area contributed by atoms with E-state index in [-0.39, 0.29) is 0 Å². The van der Waals surface area contributed by atoms with Crippen LogP contribution >= 0.6 is 23.1 Å². The molecule has 0 spiro atoms. The topological polar surface area (TPSA) is 25.8 Å². The minimum Gasteiger partial charge on any atom is -0.226 e. The van der Waals surface area contributed by atoms with E-state index >= 15 is 0 Å². The maximum atomic E-state index is 4.68. The van der Waals surface area contributed by atoms with Gasteiger partial charge in [0.2, 0.25) is 0 Å². The van der Waals surface area contributed by atoms with E-state index in [0.29, 0.717) is 5.92 Å². The second-order valence-electron chi connectivity index (χ2n) is 5.32. The molecule has 0 atom stereocenters. The molecule has 0 aliphatic heterocycles. The molecule has 2 aromatic rings. The monoisotopic (exact) mass is 278 g/mol. The van der Waals surface area contributed by atoms with Crippen LogP contribution in [0.4, 0.5) is 0 Å². The summed E-state index contributed by atoms with van der Waals surface area (Å²) in [5.74, 6) is 2.75. The highest BCUT2D eigenvalue weighted by Crippen LogP contribution is 2.40. The lowest BCUT2D eigenvalue weighted by Crippen LogP contribution is -1.96. The number of nitrogens with zero attached hydrogens (tertiary/aromatic N) is 2. The van der Waals surface area contributed by atoms with Crippen molar-refractivity contribution in [1.29, 1.82) is 0 Å². The van der Waals surface area contributed by atoms with Crippen LogP contribution in [0.5, 0.6) is 0 Å². The molecule has 18 heavy (non-hydrogen) atoms. The Morgan fingerprint density at radius 3 is 2.89 bits per heavy atom. The Hall–Kier alpha value is -0.610. The van der Waals surface area contributed by atoms with Crippen molar-refractivity contribution in [2.45, 2.75) is 45.1 Å². The van der Waals surface area contributed by atoms with E-state index in [0.717, 1.165) is 11.6 Å². The fourth-order valence-electron chi connectivity index (χ4n) is 2.41. The molecule has 1 aliphatic carbocycles. The first-order valence-corrected chi connectivity index (χ1v) is 8.37. The molecule has 0 fully saturated rings. The van der Waals surface area contributed by atoms with Gasteiger partial charge in [0, 0.05) is 16.0 Å². The summed E-state index contributed by atoms with van der Waals surface area (Å²) in [6, 6.07) is 0. The van der Waals surface area contributed by atoms with Gasteiger partial charge in [-0.3, -0.25) is 0 Å². The normalized spacial score (nSPS) is 14.7. The average molecular weight is 278 g/mol. The van der Waals surface area contributed by atoms with Crippen molar-refractivity contribution >= 4 is 33.3 Å². The molecule has 0 saturated carbocycles. The van der Waals surface area contributed by atoms with Crippen molar-refractivity contribution in [2.24, 2.45) is 5.92 Å². The van der Waals surface area contributed by atoms with Crippen molar-refractivity contribution in [3.63, 3.8) is 0 Å². The van der Waals surface area contributed by atoms with Crippen molar-refractivity contribution < 1.29 is 0 Å². The minimum atomic E-state index is 0.701.